The maximum absolute atomic E-state index is 5.97. The van der Waals surface area contributed by atoms with Crippen molar-refractivity contribution in [1.29, 1.82) is 0 Å². The molecule has 2 saturated heterocycles. The van der Waals surface area contributed by atoms with Gasteiger partial charge in [0.1, 0.15) is 0 Å². The molecule has 0 aromatic carbocycles. The van der Waals surface area contributed by atoms with Gasteiger partial charge < -0.3 is 20.5 Å². The van der Waals surface area contributed by atoms with Crippen LogP contribution in [-0.2, 0) is 9.47 Å². The Morgan fingerprint density at radius 3 is 2.47 bits per heavy atom. The van der Waals surface area contributed by atoms with Crippen LogP contribution in [0.15, 0.2) is 0 Å². The van der Waals surface area contributed by atoms with Gasteiger partial charge in [0, 0.05) is 31.9 Å². The Balaban J connectivity index is 1.86. The molecule has 1 atom stereocenters. The molecule has 0 aromatic rings. The molecule has 0 aromatic heterocycles. The zero-order chi connectivity index (χ0) is 12.2. The van der Waals surface area contributed by atoms with Crippen LogP contribution in [0, 0.1) is 5.41 Å². The summed E-state index contributed by atoms with van der Waals surface area (Å²) in [6.07, 6.45) is 4.51. The SMILES string of the molecule is CC1(NCC2(CN)CCOCC2)CCCOC1. The van der Waals surface area contributed by atoms with E-state index in [0.717, 1.165) is 58.8 Å². The molecule has 4 heteroatoms. The van der Waals surface area contributed by atoms with Gasteiger partial charge in [-0.15, -0.1) is 0 Å². The fraction of sp³-hybridized carbons (Fsp3) is 1.00. The minimum atomic E-state index is 0.138. The minimum absolute atomic E-state index is 0.138. The van der Waals surface area contributed by atoms with E-state index >= 15 is 0 Å². The first-order valence-electron chi connectivity index (χ1n) is 6.79. The van der Waals surface area contributed by atoms with Gasteiger partial charge in [0.05, 0.1) is 6.61 Å². The zero-order valence-electron chi connectivity index (χ0n) is 11.0. The van der Waals surface area contributed by atoms with Crippen molar-refractivity contribution in [2.75, 3.05) is 39.5 Å². The molecule has 2 heterocycles. The van der Waals surface area contributed by atoms with Crippen LogP contribution in [0.4, 0.5) is 0 Å². The van der Waals surface area contributed by atoms with E-state index in [9.17, 15) is 0 Å². The molecule has 2 rings (SSSR count). The van der Waals surface area contributed by atoms with Gasteiger partial charge in [0.15, 0.2) is 0 Å². The normalized spacial score (nSPS) is 33.5. The van der Waals surface area contributed by atoms with Gasteiger partial charge in [0.2, 0.25) is 0 Å². The van der Waals surface area contributed by atoms with Gasteiger partial charge in [-0.05, 0) is 44.6 Å². The lowest BCUT2D eigenvalue weighted by Crippen LogP contribution is -2.55. The van der Waals surface area contributed by atoms with Crippen molar-refractivity contribution in [2.45, 2.75) is 38.1 Å². The molecule has 0 bridgehead atoms. The van der Waals surface area contributed by atoms with Gasteiger partial charge in [0.25, 0.3) is 0 Å². The lowest BCUT2D eigenvalue weighted by Gasteiger charge is -2.41. The van der Waals surface area contributed by atoms with Crippen LogP contribution in [0.2, 0.25) is 0 Å². The van der Waals surface area contributed by atoms with Crippen molar-refractivity contribution in [2.24, 2.45) is 11.1 Å². The Morgan fingerprint density at radius 1 is 1.12 bits per heavy atom. The van der Waals surface area contributed by atoms with Gasteiger partial charge in [-0.2, -0.15) is 0 Å². The molecule has 1 unspecified atom stereocenters. The highest BCUT2D eigenvalue weighted by Gasteiger charge is 2.35. The van der Waals surface area contributed by atoms with Crippen molar-refractivity contribution in [3.05, 3.63) is 0 Å². The maximum Gasteiger partial charge on any atom is 0.0645 e. The average Bonchev–Trinajstić information content (AvgIpc) is 2.39. The zero-order valence-corrected chi connectivity index (χ0v) is 11.0. The molecule has 2 fully saturated rings. The third-order valence-corrected chi connectivity index (χ3v) is 4.31. The Kier molecular flexibility index (Phi) is 4.42. The van der Waals surface area contributed by atoms with E-state index in [1.165, 1.54) is 6.42 Å². The molecule has 0 radical (unpaired) electrons. The predicted octanol–water partition coefficient (Wildman–Crippen LogP) is 0.901. The van der Waals surface area contributed by atoms with Crippen molar-refractivity contribution in [3.8, 4) is 0 Å². The fourth-order valence-electron chi connectivity index (χ4n) is 2.73. The summed E-state index contributed by atoms with van der Waals surface area (Å²) in [4.78, 5) is 0. The first kappa shape index (κ1) is 13.3. The number of nitrogens with two attached hydrogens (primary N) is 1. The van der Waals surface area contributed by atoms with Gasteiger partial charge >= 0.3 is 0 Å². The van der Waals surface area contributed by atoms with Crippen LogP contribution in [0.5, 0.6) is 0 Å². The minimum Gasteiger partial charge on any atom is -0.381 e. The number of hydrogen-bond acceptors (Lipinski definition) is 4. The van der Waals surface area contributed by atoms with Crippen LogP contribution in [0.25, 0.3) is 0 Å². The van der Waals surface area contributed by atoms with Crippen molar-refractivity contribution >= 4 is 0 Å². The highest BCUT2D eigenvalue weighted by Crippen LogP contribution is 2.30. The second-order valence-electron chi connectivity index (χ2n) is 5.89. The Hall–Kier alpha value is -0.160. The van der Waals surface area contributed by atoms with E-state index in [-0.39, 0.29) is 11.0 Å². The van der Waals surface area contributed by atoms with E-state index < -0.39 is 0 Å². The molecule has 0 aliphatic carbocycles. The molecule has 2 aliphatic rings. The second-order valence-corrected chi connectivity index (χ2v) is 5.89. The Labute approximate surface area is 104 Å². The summed E-state index contributed by atoms with van der Waals surface area (Å²) < 4.78 is 11.0. The summed E-state index contributed by atoms with van der Waals surface area (Å²) in [5.74, 6) is 0. The van der Waals surface area contributed by atoms with Crippen molar-refractivity contribution in [3.63, 3.8) is 0 Å². The molecule has 0 saturated carbocycles. The van der Waals surface area contributed by atoms with E-state index in [1.807, 2.05) is 0 Å². The van der Waals surface area contributed by atoms with Crippen LogP contribution >= 0.6 is 0 Å². The van der Waals surface area contributed by atoms with Crippen LogP contribution in [0.3, 0.4) is 0 Å². The second kappa shape index (κ2) is 5.65. The molecular weight excluding hydrogens is 216 g/mol. The summed E-state index contributed by atoms with van der Waals surface area (Å²) in [7, 11) is 0. The fourth-order valence-corrected chi connectivity index (χ4v) is 2.73. The number of hydrogen-bond donors (Lipinski definition) is 2. The summed E-state index contributed by atoms with van der Waals surface area (Å²) in [6, 6.07) is 0. The van der Waals surface area contributed by atoms with E-state index in [2.05, 4.69) is 12.2 Å². The quantitative estimate of drug-likeness (QED) is 0.769. The summed E-state index contributed by atoms with van der Waals surface area (Å²) in [5.41, 5.74) is 6.34. The summed E-state index contributed by atoms with van der Waals surface area (Å²) >= 11 is 0. The monoisotopic (exact) mass is 242 g/mol. The average molecular weight is 242 g/mol. The van der Waals surface area contributed by atoms with Gasteiger partial charge in [-0.1, -0.05) is 0 Å². The molecule has 4 nitrogen and oxygen atoms in total. The van der Waals surface area contributed by atoms with Crippen molar-refractivity contribution < 1.29 is 9.47 Å². The van der Waals surface area contributed by atoms with E-state index in [4.69, 9.17) is 15.2 Å². The number of nitrogens with one attached hydrogen (secondary N) is 1. The Bertz CT molecular complexity index is 234. The molecule has 3 N–H and O–H groups in total. The molecule has 17 heavy (non-hydrogen) atoms. The lowest BCUT2D eigenvalue weighted by molar-refractivity contribution is -0.00311. The van der Waals surface area contributed by atoms with Gasteiger partial charge in [-0.3, -0.25) is 0 Å². The summed E-state index contributed by atoms with van der Waals surface area (Å²) in [5, 5.41) is 3.70. The third kappa shape index (κ3) is 3.41. The van der Waals surface area contributed by atoms with E-state index in [1.54, 1.807) is 0 Å². The first-order valence-corrected chi connectivity index (χ1v) is 6.79. The smallest absolute Gasteiger partial charge is 0.0645 e. The summed E-state index contributed by atoms with van der Waals surface area (Å²) in [6.45, 7) is 7.44. The maximum atomic E-state index is 5.97. The lowest BCUT2D eigenvalue weighted by atomic mass is 9.79. The third-order valence-electron chi connectivity index (χ3n) is 4.31. The molecule has 2 aliphatic heterocycles. The largest absolute Gasteiger partial charge is 0.381 e. The standard InChI is InChI=1S/C13H26N2O2/c1-12(3-2-6-17-11-12)15-10-13(9-14)4-7-16-8-5-13/h15H,2-11,14H2,1H3. The first-order chi connectivity index (χ1) is 8.18. The topological polar surface area (TPSA) is 56.5 Å². The van der Waals surface area contributed by atoms with E-state index in [0.29, 0.717) is 0 Å². The van der Waals surface area contributed by atoms with Crippen molar-refractivity contribution in [1.82, 2.24) is 5.32 Å². The molecule has 0 amide bonds. The molecule has 0 spiro atoms. The Morgan fingerprint density at radius 2 is 1.88 bits per heavy atom. The highest BCUT2D eigenvalue weighted by molar-refractivity contribution is 4.91. The number of rotatable bonds is 4. The molecular formula is C13H26N2O2. The predicted molar refractivity (Wildman–Crippen MR) is 68.0 cm³/mol. The van der Waals surface area contributed by atoms with Crippen LogP contribution in [0.1, 0.15) is 32.6 Å². The molecule has 100 valence electrons. The number of ether oxygens (including phenoxy) is 2. The highest BCUT2D eigenvalue weighted by atomic mass is 16.5. The van der Waals surface area contributed by atoms with Crippen LogP contribution < -0.4 is 11.1 Å². The van der Waals surface area contributed by atoms with Crippen LogP contribution in [-0.4, -0.2) is 45.1 Å². The van der Waals surface area contributed by atoms with Gasteiger partial charge in [-0.25, -0.2) is 0 Å².